The smallest absolute Gasteiger partial charge is 0.0569 e. The summed E-state index contributed by atoms with van der Waals surface area (Å²) < 4.78 is 1.96. The number of anilines is 1. The number of rotatable bonds is 3. The number of benzene rings is 1. The molecule has 0 unspecified atom stereocenters. The van der Waals surface area contributed by atoms with E-state index in [1.54, 1.807) is 0 Å². The molecule has 0 aliphatic carbocycles. The monoisotopic (exact) mass is 215 g/mol. The number of aromatic nitrogens is 2. The summed E-state index contributed by atoms with van der Waals surface area (Å²) in [5.41, 5.74) is 10.2. The van der Waals surface area contributed by atoms with Gasteiger partial charge < -0.3 is 5.73 Å². The van der Waals surface area contributed by atoms with Crippen molar-refractivity contribution in [3.63, 3.8) is 0 Å². The van der Waals surface area contributed by atoms with E-state index in [2.05, 4.69) is 31.2 Å². The average Bonchev–Trinajstić information content (AvgIpc) is 2.71. The maximum absolute atomic E-state index is 5.97. The van der Waals surface area contributed by atoms with Crippen LogP contribution in [0.5, 0.6) is 0 Å². The van der Waals surface area contributed by atoms with E-state index >= 15 is 0 Å². The van der Waals surface area contributed by atoms with Crippen molar-refractivity contribution in [1.29, 1.82) is 0 Å². The molecule has 0 aliphatic heterocycles. The van der Waals surface area contributed by atoms with Gasteiger partial charge in [-0.1, -0.05) is 18.6 Å². The highest BCUT2D eigenvalue weighted by Crippen LogP contribution is 2.26. The molecule has 0 radical (unpaired) electrons. The quantitative estimate of drug-likeness (QED) is 0.800. The molecular weight excluding hydrogens is 198 g/mol. The van der Waals surface area contributed by atoms with Gasteiger partial charge in [-0.05, 0) is 25.5 Å². The molecule has 2 rings (SSSR count). The van der Waals surface area contributed by atoms with Crippen LogP contribution in [-0.2, 0) is 6.54 Å². The summed E-state index contributed by atoms with van der Waals surface area (Å²) in [6, 6.07) is 6.07. The molecule has 0 saturated heterocycles. The minimum Gasteiger partial charge on any atom is -0.398 e. The molecular formula is C13H17N3. The Kier molecular flexibility index (Phi) is 2.95. The Morgan fingerprint density at radius 2 is 2.19 bits per heavy atom. The predicted octanol–water partition coefficient (Wildman–Crippen LogP) is 2.85. The van der Waals surface area contributed by atoms with E-state index in [4.69, 9.17) is 5.73 Å². The first-order chi connectivity index (χ1) is 7.70. The second kappa shape index (κ2) is 4.39. The third-order valence-corrected chi connectivity index (χ3v) is 2.61. The molecule has 2 N–H and O–H groups in total. The lowest BCUT2D eigenvalue weighted by Gasteiger charge is -2.04. The average molecular weight is 215 g/mol. The fraction of sp³-hybridized carbons (Fsp3) is 0.308. The Balaban J connectivity index is 2.38. The van der Waals surface area contributed by atoms with Crippen LogP contribution in [0.4, 0.5) is 5.69 Å². The Bertz CT molecular complexity index is 486. The van der Waals surface area contributed by atoms with Crippen LogP contribution in [0.2, 0.25) is 0 Å². The molecule has 84 valence electrons. The largest absolute Gasteiger partial charge is 0.398 e. The van der Waals surface area contributed by atoms with Crippen molar-refractivity contribution in [2.75, 3.05) is 5.73 Å². The van der Waals surface area contributed by atoms with Gasteiger partial charge in [0.15, 0.2) is 0 Å². The number of aryl methyl sites for hydroxylation is 2. The molecule has 0 amide bonds. The maximum atomic E-state index is 5.97. The van der Waals surface area contributed by atoms with Crippen LogP contribution < -0.4 is 5.73 Å². The van der Waals surface area contributed by atoms with Crippen LogP contribution in [0.25, 0.3) is 11.1 Å². The van der Waals surface area contributed by atoms with Gasteiger partial charge in [0.2, 0.25) is 0 Å². The van der Waals surface area contributed by atoms with Crippen LogP contribution in [0.15, 0.2) is 30.6 Å². The lowest BCUT2D eigenvalue weighted by molar-refractivity contribution is 0.603. The van der Waals surface area contributed by atoms with E-state index in [-0.39, 0.29) is 0 Å². The van der Waals surface area contributed by atoms with Crippen molar-refractivity contribution in [1.82, 2.24) is 9.78 Å². The number of nitrogens with zero attached hydrogens (tertiary/aromatic N) is 2. The first-order valence-corrected chi connectivity index (χ1v) is 5.59. The molecule has 0 atom stereocenters. The van der Waals surface area contributed by atoms with Crippen LogP contribution >= 0.6 is 0 Å². The minimum absolute atomic E-state index is 0.807. The van der Waals surface area contributed by atoms with Crippen LogP contribution in [0, 0.1) is 6.92 Å². The zero-order valence-corrected chi connectivity index (χ0v) is 9.77. The van der Waals surface area contributed by atoms with E-state index in [0.29, 0.717) is 0 Å². The number of nitrogens with two attached hydrogens (primary N) is 1. The van der Waals surface area contributed by atoms with Crippen molar-refractivity contribution in [2.45, 2.75) is 26.8 Å². The summed E-state index contributed by atoms with van der Waals surface area (Å²) in [5, 5.41) is 4.31. The summed E-state index contributed by atoms with van der Waals surface area (Å²) in [6.45, 7) is 5.16. The number of hydrogen-bond acceptors (Lipinski definition) is 2. The van der Waals surface area contributed by atoms with Crippen LogP contribution in [0.1, 0.15) is 18.9 Å². The fourth-order valence-corrected chi connectivity index (χ4v) is 1.77. The molecule has 16 heavy (non-hydrogen) atoms. The molecule has 0 bridgehead atoms. The zero-order valence-electron chi connectivity index (χ0n) is 9.77. The van der Waals surface area contributed by atoms with Crippen LogP contribution in [-0.4, -0.2) is 9.78 Å². The highest BCUT2D eigenvalue weighted by molar-refractivity contribution is 5.75. The molecule has 0 fully saturated rings. The van der Waals surface area contributed by atoms with Crippen molar-refractivity contribution < 1.29 is 0 Å². The van der Waals surface area contributed by atoms with Gasteiger partial charge in [0.1, 0.15) is 0 Å². The lowest BCUT2D eigenvalue weighted by Crippen LogP contribution is -1.95. The molecule has 2 aromatic rings. The molecule has 3 heteroatoms. The highest BCUT2D eigenvalue weighted by atomic mass is 15.3. The molecule has 1 aromatic heterocycles. The van der Waals surface area contributed by atoms with E-state index in [1.165, 1.54) is 5.56 Å². The van der Waals surface area contributed by atoms with Gasteiger partial charge >= 0.3 is 0 Å². The first-order valence-electron chi connectivity index (χ1n) is 5.59. The summed E-state index contributed by atoms with van der Waals surface area (Å²) in [4.78, 5) is 0. The second-order valence-corrected chi connectivity index (χ2v) is 4.08. The summed E-state index contributed by atoms with van der Waals surface area (Å²) in [6.07, 6.45) is 5.01. The van der Waals surface area contributed by atoms with Crippen molar-refractivity contribution >= 4 is 5.69 Å². The van der Waals surface area contributed by atoms with Gasteiger partial charge in [0.05, 0.1) is 6.20 Å². The molecule has 0 saturated carbocycles. The molecule has 0 aliphatic rings. The summed E-state index contributed by atoms with van der Waals surface area (Å²) in [5.74, 6) is 0. The first kappa shape index (κ1) is 10.7. The van der Waals surface area contributed by atoms with Gasteiger partial charge in [-0.2, -0.15) is 5.10 Å². The Morgan fingerprint density at radius 1 is 1.38 bits per heavy atom. The van der Waals surface area contributed by atoms with Crippen molar-refractivity contribution in [3.8, 4) is 11.1 Å². The minimum atomic E-state index is 0.807. The number of hydrogen-bond donors (Lipinski definition) is 1. The van der Waals surface area contributed by atoms with E-state index in [1.807, 2.05) is 23.0 Å². The SMILES string of the molecule is CCCn1cc(-c2cc(C)ccc2N)cn1. The van der Waals surface area contributed by atoms with E-state index < -0.39 is 0 Å². The van der Waals surface area contributed by atoms with Crippen molar-refractivity contribution in [2.24, 2.45) is 0 Å². The van der Waals surface area contributed by atoms with Gasteiger partial charge in [0, 0.05) is 29.6 Å². The summed E-state index contributed by atoms with van der Waals surface area (Å²) in [7, 11) is 0. The standard InChI is InChI=1S/C13H17N3/c1-3-6-16-9-11(8-15-16)12-7-10(2)4-5-13(12)14/h4-5,7-9H,3,6,14H2,1-2H3. The fourth-order valence-electron chi connectivity index (χ4n) is 1.77. The Morgan fingerprint density at radius 3 is 2.94 bits per heavy atom. The second-order valence-electron chi connectivity index (χ2n) is 4.08. The Hall–Kier alpha value is -1.77. The van der Waals surface area contributed by atoms with Gasteiger partial charge in [0.25, 0.3) is 0 Å². The van der Waals surface area contributed by atoms with Crippen LogP contribution in [0.3, 0.4) is 0 Å². The molecule has 1 aromatic carbocycles. The van der Waals surface area contributed by atoms with Gasteiger partial charge in [-0.25, -0.2) is 0 Å². The molecule has 3 nitrogen and oxygen atoms in total. The van der Waals surface area contributed by atoms with Gasteiger partial charge in [-0.15, -0.1) is 0 Å². The lowest BCUT2D eigenvalue weighted by atomic mass is 10.0. The van der Waals surface area contributed by atoms with E-state index in [0.717, 1.165) is 29.8 Å². The molecule has 1 heterocycles. The summed E-state index contributed by atoms with van der Waals surface area (Å²) >= 11 is 0. The van der Waals surface area contributed by atoms with Crippen molar-refractivity contribution in [3.05, 3.63) is 36.2 Å². The zero-order chi connectivity index (χ0) is 11.5. The Labute approximate surface area is 95.9 Å². The third kappa shape index (κ3) is 2.08. The predicted molar refractivity (Wildman–Crippen MR) is 67.1 cm³/mol. The highest BCUT2D eigenvalue weighted by Gasteiger charge is 2.05. The maximum Gasteiger partial charge on any atom is 0.0569 e. The van der Waals surface area contributed by atoms with E-state index in [9.17, 15) is 0 Å². The molecule has 0 spiro atoms. The topological polar surface area (TPSA) is 43.8 Å². The third-order valence-electron chi connectivity index (χ3n) is 2.61. The normalized spacial score (nSPS) is 10.6. The van der Waals surface area contributed by atoms with Gasteiger partial charge in [-0.3, -0.25) is 4.68 Å². The number of nitrogen functional groups attached to an aromatic ring is 1.